The van der Waals surface area contributed by atoms with Gasteiger partial charge in [0.2, 0.25) is 0 Å². The van der Waals surface area contributed by atoms with E-state index < -0.39 is 12.4 Å². The van der Waals surface area contributed by atoms with Gasteiger partial charge in [-0.3, -0.25) is 4.68 Å². The summed E-state index contributed by atoms with van der Waals surface area (Å²) < 4.78 is 20.3. The van der Waals surface area contributed by atoms with Crippen molar-refractivity contribution in [2.24, 2.45) is 7.05 Å². The van der Waals surface area contributed by atoms with Crippen molar-refractivity contribution in [1.29, 1.82) is 0 Å². The molecule has 16 heavy (non-hydrogen) atoms. The van der Waals surface area contributed by atoms with Gasteiger partial charge in [-0.15, -0.1) is 0 Å². The second-order valence-electron chi connectivity index (χ2n) is 3.33. The molecule has 0 aliphatic rings. The highest BCUT2D eigenvalue weighted by Gasteiger charge is 2.09. The highest BCUT2D eigenvalue weighted by atomic mass is 19.1. The van der Waals surface area contributed by atoms with Gasteiger partial charge in [-0.1, -0.05) is 6.07 Å². The van der Waals surface area contributed by atoms with E-state index in [4.69, 9.17) is 9.84 Å². The fraction of sp³-hybridized carbons (Fsp3) is 0.182. The first kappa shape index (κ1) is 10.6. The van der Waals surface area contributed by atoms with E-state index in [1.54, 1.807) is 24.0 Å². The van der Waals surface area contributed by atoms with E-state index in [9.17, 15) is 4.39 Å². The number of hydrogen-bond acceptors (Lipinski definition) is 3. The van der Waals surface area contributed by atoms with Crippen LogP contribution in [0.1, 0.15) is 5.56 Å². The van der Waals surface area contributed by atoms with E-state index in [1.807, 2.05) is 0 Å². The first-order chi connectivity index (χ1) is 7.70. The predicted molar refractivity (Wildman–Crippen MR) is 55.6 cm³/mol. The molecule has 0 radical (unpaired) electrons. The minimum atomic E-state index is -0.483. The Hall–Kier alpha value is -1.88. The Bertz CT molecular complexity index is 496. The molecular formula is C11H11FN2O2. The summed E-state index contributed by atoms with van der Waals surface area (Å²) in [7, 11) is 1.76. The van der Waals surface area contributed by atoms with E-state index >= 15 is 0 Å². The Balaban J connectivity index is 2.30. The Morgan fingerprint density at radius 1 is 1.50 bits per heavy atom. The molecule has 0 amide bonds. The van der Waals surface area contributed by atoms with Gasteiger partial charge >= 0.3 is 0 Å². The summed E-state index contributed by atoms with van der Waals surface area (Å²) in [6.45, 7) is -0.401. The smallest absolute Gasteiger partial charge is 0.165 e. The van der Waals surface area contributed by atoms with Crippen LogP contribution in [0, 0.1) is 5.82 Å². The van der Waals surface area contributed by atoms with Crippen molar-refractivity contribution in [2.75, 3.05) is 0 Å². The quantitative estimate of drug-likeness (QED) is 0.862. The van der Waals surface area contributed by atoms with Gasteiger partial charge in [-0.2, -0.15) is 5.10 Å². The van der Waals surface area contributed by atoms with Crippen LogP contribution in [0.2, 0.25) is 0 Å². The molecule has 84 valence electrons. The molecule has 4 nitrogen and oxygen atoms in total. The minimum Gasteiger partial charge on any atom is -0.454 e. The van der Waals surface area contributed by atoms with E-state index in [2.05, 4.69) is 5.10 Å². The third-order valence-electron chi connectivity index (χ3n) is 2.14. The number of halogens is 1. The zero-order valence-corrected chi connectivity index (χ0v) is 8.72. The van der Waals surface area contributed by atoms with Crippen molar-refractivity contribution in [1.82, 2.24) is 9.78 Å². The van der Waals surface area contributed by atoms with Crippen molar-refractivity contribution in [3.8, 4) is 11.5 Å². The number of ether oxygens (including phenoxy) is 1. The molecule has 2 rings (SSSR count). The number of aryl methyl sites for hydroxylation is 1. The average Bonchev–Trinajstić information content (AvgIpc) is 2.64. The largest absolute Gasteiger partial charge is 0.454 e. The molecule has 2 aromatic rings. The number of aliphatic hydroxyl groups excluding tert-OH is 1. The number of rotatable bonds is 3. The zero-order chi connectivity index (χ0) is 11.5. The van der Waals surface area contributed by atoms with Crippen LogP contribution >= 0.6 is 0 Å². The molecule has 0 fully saturated rings. The first-order valence-electron chi connectivity index (χ1n) is 4.75. The van der Waals surface area contributed by atoms with Gasteiger partial charge in [0, 0.05) is 7.05 Å². The molecule has 0 saturated carbocycles. The highest BCUT2D eigenvalue weighted by Crippen LogP contribution is 2.26. The number of benzene rings is 1. The van der Waals surface area contributed by atoms with E-state index in [1.165, 1.54) is 18.3 Å². The van der Waals surface area contributed by atoms with Crippen LogP contribution in [-0.2, 0) is 13.7 Å². The Morgan fingerprint density at radius 3 is 2.94 bits per heavy atom. The molecular weight excluding hydrogens is 211 g/mol. The molecule has 0 unspecified atom stereocenters. The summed E-state index contributed by atoms with van der Waals surface area (Å²) >= 11 is 0. The summed E-state index contributed by atoms with van der Waals surface area (Å²) in [4.78, 5) is 0. The third kappa shape index (κ3) is 2.04. The zero-order valence-electron chi connectivity index (χ0n) is 8.72. The van der Waals surface area contributed by atoms with Gasteiger partial charge in [0.1, 0.15) is 11.6 Å². The summed E-state index contributed by atoms with van der Waals surface area (Å²) in [5.74, 6) is 0.321. The summed E-state index contributed by atoms with van der Waals surface area (Å²) in [6.07, 6.45) is 3.18. The molecule has 0 atom stereocenters. The topological polar surface area (TPSA) is 47.3 Å². The fourth-order valence-corrected chi connectivity index (χ4v) is 1.37. The number of nitrogens with zero attached hydrogens (tertiary/aromatic N) is 2. The molecule has 0 bridgehead atoms. The van der Waals surface area contributed by atoms with Crippen LogP contribution < -0.4 is 4.74 Å². The maximum Gasteiger partial charge on any atom is 0.165 e. The first-order valence-corrected chi connectivity index (χ1v) is 4.75. The summed E-state index contributed by atoms with van der Waals surface area (Å²) in [5.41, 5.74) is 0.145. The van der Waals surface area contributed by atoms with Crippen LogP contribution in [0.3, 0.4) is 0 Å². The van der Waals surface area contributed by atoms with Crippen molar-refractivity contribution in [2.45, 2.75) is 6.61 Å². The molecule has 0 saturated heterocycles. The molecule has 0 spiro atoms. The Kier molecular flexibility index (Phi) is 2.87. The highest BCUT2D eigenvalue weighted by molar-refractivity contribution is 5.37. The van der Waals surface area contributed by atoms with Crippen molar-refractivity contribution < 1.29 is 14.2 Å². The molecule has 1 aromatic carbocycles. The lowest BCUT2D eigenvalue weighted by atomic mass is 10.2. The molecule has 1 N–H and O–H groups in total. The van der Waals surface area contributed by atoms with Gasteiger partial charge in [-0.05, 0) is 12.1 Å². The Labute approximate surface area is 91.9 Å². The second kappa shape index (κ2) is 4.32. The monoisotopic (exact) mass is 222 g/mol. The van der Waals surface area contributed by atoms with Crippen LogP contribution in [0.25, 0.3) is 0 Å². The Morgan fingerprint density at radius 2 is 2.31 bits per heavy atom. The second-order valence-corrected chi connectivity index (χ2v) is 3.33. The normalized spacial score (nSPS) is 10.4. The van der Waals surface area contributed by atoms with Crippen molar-refractivity contribution in [3.05, 3.63) is 42.0 Å². The predicted octanol–water partition coefficient (Wildman–Crippen LogP) is 1.84. The van der Waals surface area contributed by atoms with E-state index in [0.717, 1.165) is 0 Å². The lowest BCUT2D eigenvalue weighted by Gasteiger charge is -2.08. The summed E-state index contributed by atoms with van der Waals surface area (Å²) in [6, 6.07) is 4.41. The van der Waals surface area contributed by atoms with Crippen LogP contribution in [0.4, 0.5) is 4.39 Å². The fourth-order valence-electron chi connectivity index (χ4n) is 1.37. The van der Waals surface area contributed by atoms with Gasteiger partial charge in [-0.25, -0.2) is 4.39 Å². The number of hydrogen-bond donors (Lipinski definition) is 1. The average molecular weight is 222 g/mol. The number of aliphatic hydroxyl groups is 1. The molecule has 5 heteroatoms. The van der Waals surface area contributed by atoms with Gasteiger partial charge in [0.25, 0.3) is 0 Å². The van der Waals surface area contributed by atoms with Crippen molar-refractivity contribution in [3.63, 3.8) is 0 Å². The standard InChI is InChI=1S/C11H11FN2O2/c1-14-6-8(5-13-14)16-11-4-2-3-10(12)9(11)7-15/h2-6,15H,7H2,1H3. The lowest BCUT2D eigenvalue weighted by molar-refractivity contribution is 0.270. The minimum absolute atomic E-state index is 0.145. The van der Waals surface area contributed by atoms with Crippen LogP contribution in [0.5, 0.6) is 11.5 Å². The van der Waals surface area contributed by atoms with E-state index in [0.29, 0.717) is 11.5 Å². The van der Waals surface area contributed by atoms with E-state index in [-0.39, 0.29) is 5.56 Å². The SMILES string of the molecule is Cn1cc(Oc2cccc(F)c2CO)cn1. The van der Waals surface area contributed by atoms with Gasteiger partial charge in [0.05, 0.1) is 24.6 Å². The maximum absolute atomic E-state index is 13.3. The molecule has 1 aromatic heterocycles. The number of aromatic nitrogens is 2. The maximum atomic E-state index is 13.3. The van der Waals surface area contributed by atoms with Gasteiger partial charge in [0.15, 0.2) is 5.75 Å². The summed E-state index contributed by atoms with van der Waals surface area (Å²) in [5, 5.41) is 13.0. The molecule has 0 aliphatic heterocycles. The third-order valence-corrected chi connectivity index (χ3v) is 2.14. The van der Waals surface area contributed by atoms with Crippen LogP contribution in [0.15, 0.2) is 30.6 Å². The van der Waals surface area contributed by atoms with Gasteiger partial charge < -0.3 is 9.84 Å². The van der Waals surface area contributed by atoms with Crippen LogP contribution in [-0.4, -0.2) is 14.9 Å². The van der Waals surface area contributed by atoms with Crippen molar-refractivity contribution >= 4 is 0 Å². The lowest BCUT2D eigenvalue weighted by Crippen LogP contribution is -1.94. The molecule has 0 aliphatic carbocycles. The molecule has 1 heterocycles.